The minimum Gasteiger partial charge on any atom is -0.261 e. The number of nitrogens with zero attached hydrogens (tertiary/aromatic N) is 2. The van der Waals surface area contributed by atoms with E-state index in [1.54, 1.807) is 18.6 Å². The molecule has 2 atom stereocenters. The first-order chi connectivity index (χ1) is 3.93. The first-order valence-corrected chi connectivity index (χ1v) is 4.97. The van der Waals surface area contributed by atoms with Crippen LogP contribution in [-0.2, 0) is 0 Å². The molecule has 0 saturated carbocycles. The van der Waals surface area contributed by atoms with E-state index in [0.717, 1.165) is 5.44 Å². The first-order valence-electron chi connectivity index (χ1n) is 2.16. The van der Waals surface area contributed by atoms with Crippen LogP contribution in [-0.4, -0.2) is 9.97 Å². The second-order valence-corrected chi connectivity index (χ2v) is 2.90. The zero-order chi connectivity index (χ0) is 5.82. The van der Waals surface area contributed by atoms with Crippen LogP contribution in [0.25, 0.3) is 0 Å². The van der Waals surface area contributed by atoms with E-state index in [1.807, 2.05) is 0 Å². The monoisotopic (exact) mass is 144 g/mol. The molecule has 8 heavy (non-hydrogen) atoms. The van der Waals surface area contributed by atoms with E-state index in [9.17, 15) is 0 Å². The summed E-state index contributed by atoms with van der Waals surface area (Å²) in [5.41, 5.74) is 1.04. The molecular formula is C4H6N2P2. The Morgan fingerprint density at radius 2 is 2.38 bits per heavy atom. The van der Waals surface area contributed by atoms with Gasteiger partial charge in [0.25, 0.3) is 0 Å². The SMILES string of the molecule is PPc1cnccn1. The summed E-state index contributed by atoms with van der Waals surface area (Å²) >= 11 is 0. The van der Waals surface area contributed by atoms with E-state index in [-0.39, 0.29) is 0 Å². The molecule has 0 bridgehead atoms. The number of hydrogen-bond donors (Lipinski definition) is 0. The molecule has 0 aliphatic carbocycles. The van der Waals surface area contributed by atoms with Gasteiger partial charge in [0.05, 0.1) is 11.6 Å². The summed E-state index contributed by atoms with van der Waals surface area (Å²) in [6.45, 7) is 0. The van der Waals surface area contributed by atoms with Gasteiger partial charge in [-0.05, 0) is 8.27 Å². The molecular weight excluding hydrogens is 138 g/mol. The maximum atomic E-state index is 4.03. The van der Waals surface area contributed by atoms with Crippen molar-refractivity contribution in [1.29, 1.82) is 0 Å². The highest BCUT2D eigenvalue weighted by atomic mass is 32.0. The van der Waals surface area contributed by atoms with Gasteiger partial charge in [-0.3, -0.25) is 9.97 Å². The molecule has 1 heterocycles. The van der Waals surface area contributed by atoms with Crippen LogP contribution >= 0.6 is 17.2 Å². The van der Waals surface area contributed by atoms with Gasteiger partial charge in [-0.1, -0.05) is 0 Å². The minimum atomic E-state index is 0.673. The topological polar surface area (TPSA) is 25.8 Å². The Balaban J connectivity index is 2.83. The first kappa shape index (κ1) is 6.07. The lowest BCUT2D eigenvalue weighted by atomic mass is 10.8. The molecule has 0 radical (unpaired) electrons. The van der Waals surface area contributed by atoms with Crippen molar-refractivity contribution in [2.45, 2.75) is 0 Å². The van der Waals surface area contributed by atoms with E-state index in [4.69, 9.17) is 0 Å². The van der Waals surface area contributed by atoms with Crippen molar-refractivity contribution in [2.24, 2.45) is 0 Å². The van der Waals surface area contributed by atoms with Gasteiger partial charge in [-0.2, -0.15) is 0 Å². The summed E-state index contributed by atoms with van der Waals surface area (Å²) in [5, 5.41) is 0. The Bertz CT molecular complexity index is 153. The van der Waals surface area contributed by atoms with Crippen molar-refractivity contribution in [3.63, 3.8) is 0 Å². The van der Waals surface area contributed by atoms with Crippen LogP contribution in [0.1, 0.15) is 0 Å². The Morgan fingerprint density at radius 3 is 2.75 bits per heavy atom. The van der Waals surface area contributed by atoms with Crippen LogP contribution in [0.2, 0.25) is 0 Å². The van der Waals surface area contributed by atoms with Crippen LogP contribution in [0, 0.1) is 0 Å². The molecule has 0 fully saturated rings. The second-order valence-electron chi connectivity index (χ2n) is 1.23. The van der Waals surface area contributed by atoms with Gasteiger partial charge in [-0.25, -0.2) is 0 Å². The third-order valence-corrected chi connectivity index (χ3v) is 2.15. The standard InChI is InChI=1S/C4H6N2P2/c7-8-4-3-5-1-2-6-4/h1-3,8H,7H2. The number of aromatic nitrogens is 2. The van der Waals surface area contributed by atoms with Gasteiger partial charge >= 0.3 is 0 Å². The second kappa shape index (κ2) is 3.06. The Morgan fingerprint density at radius 1 is 1.50 bits per heavy atom. The van der Waals surface area contributed by atoms with Crippen molar-refractivity contribution in [1.82, 2.24) is 9.97 Å². The van der Waals surface area contributed by atoms with Crippen molar-refractivity contribution in [3.8, 4) is 0 Å². The molecule has 2 nitrogen and oxygen atoms in total. The highest BCUT2D eigenvalue weighted by Crippen LogP contribution is 2.15. The van der Waals surface area contributed by atoms with E-state index >= 15 is 0 Å². The summed E-state index contributed by atoms with van der Waals surface area (Å²) in [4.78, 5) is 7.91. The van der Waals surface area contributed by atoms with Gasteiger partial charge in [0.2, 0.25) is 0 Å². The zero-order valence-corrected chi connectivity index (χ0v) is 6.36. The molecule has 0 aliphatic rings. The predicted molar refractivity (Wildman–Crippen MR) is 39.7 cm³/mol. The van der Waals surface area contributed by atoms with E-state index in [2.05, 4.69) is 18.9 Å². The molecule has 0 spiro atoms. The third-order valence-electron chi connectivity index (χ3n) is 0.711. The lowest BCUT2D eigenvalue weighted by molar-refractivity contribution is 1.25. The molecule has 0 aliphatic heterocycles. The minimum absolute atomic E-state index is 0.673. The van der Waals surface area contributed by atoms with Crippen LogP contribution in [0.3, 0.4) is 0 Å². The Kier molecular flexibility index (Phi) is 2.32. The quantitative estimate of drug-likeness (QED) is 0.538. The molecule has 1 aromatic heterocycles. The normalized spacial score (nSPS) is 10.6. The molecule has 0 aromatic carbocycles. The molecule has 2 unspecified atom stereocenters. The highest BCUT2D eigenvalue weighted by Gasteiger charge is 1.82. The van der Waals surface area contributed by atoms with Crippen LogP contribution in [0.4, 0.5) is 0 Å². The summed E-state index contributed by atoms with van der Waals surface area (Å²) < 4.78 is 0. The molecule has 0 N–H and O–H groups in total. The fraction of sp³-hybridized carbons (Fsp3) is 0. The van der Waals surface area contributed by atoms with Gasteiger partial charge < -0.3 is 0 Å². The van der Waals surface area contributed by atoms with Crippen LogP contribution in [0.5, 0.6) is 0 Å². The van der Waals surface area contributed by atoms with Crippen molar-refractivity contribution in [3.05, 3.63) is 18.6 Å². The average molecular weight is 144 g/mol. The number of rotatable bonds is 1. The number of hydrogen-bond acceptors (Lipinski definition) is 2. The molecule has 42 valence electrons. The molecule has 1 aromatic rings. The van der Waals surface area contributed by atoms with Gasteiger partial charge in [0.15, 0.2) is 0 Å². The maximum Gasteiger partial charge on any atom is 0.0820 e. The molecule has 0 saturated heterocycles. The fourth-order valence-electron chi connectivity index (χ4n) is 0.374. The van der Waals surface area contributed by atoms with Crippen molar-refractivity contribution in [2.75, 3.05) is 0 Å². The summed E-state index contributed by atoms with van der Waals surface area (Å²) in [6, 6.07) is 0. The van der Waals surface area contributed by atoms with Gasteiger partial charge in [-0.15, -0.1) is 8.93 Å². The highest BCUT2D eigenvalue weighted by molar-refractivity contribution is 8.06. The summed E-state index contributed by atoms with van der Waals surface area (Å²) in [6.07, 6.45) is 5.14. The van der Waals surface area contributed by atoms with Crippen molar-refractivity contribution < 1.29 is 0 Å². The van der Waals surface area contributed by atoms with E-state index < -0.39 is 0 Å². The summed E-state index contributed by atoms with van der Waals surface area (Å²) in [5.74, 6) is 0. The van der Waals surface area contributed by atoms with Gasteiger partial charge in [0.1, 0.15) is 0 Å². The molecule has 4 heteroatoms. The summed E-state index contributed by atoms with van der Waals surface area (Å²) in [7, 11) is 3.29. The third kappa shape index (κ3) is 1.47. The average Bonchev–Trinajstić information content (AvgIpc) is 1.90. The Hall–Kier alpha value is -0.0600. The van der Waals surface area contributed by atoms with Crippen molar-refractivity contribution >= 4 is 22.6 Å². The molecule has 0 amide bonds. The fourth-order valence-corrected chi connectivity index (χ4v) is 1.12. The van der Waals surface area contributed by atoms with Crippen LogP contribution in [0.15, 0.2) is 18.6 Å². The smallest absolute Gasteiger partial charge is 0.0820 e. The lowest BCUT2D eigenvalue weighted by Crippen LogP contribution is -1.96. The largest absolute Gasteiger partial charge is 0.261 e. The Labute approximate surface area is 52.0 Å². The van der Waals surface area contributed by atoms with E-state index in [1.165, 1.54) is 0 Å². The zero-order valence-electron chi connectivity index (χ0n) is 4.20. The maximum absolute atomic E-state index is 4.03. The molecule has 1 rings (SSSR count). The lowest BCUT2D eigenvalue weighted by Gasteiger charge is -1.88. The van der Waals surface area contributed by atoms with Crippen LogP contribution < -0.4 is 5.44 Å². The van der Waals surface area contributed by atoms with Gasteiger partial charge in [0, 0.05) is 12.4 Å². The predicted octanol–water partition coefficient (Wildman–Crippen LogP) is 0.570. The van der Waals surface area contributed by atoms with E-state index in [0.29, 0.717) is 8.27 Å².